The van der Waals surface area contributed by atoms with Crippen molar-refractivity contribution in [2.24, 2.45) is 0 Å². The fourth-order valence-electron chi connectivity index (χ4n) is 3.25. The molecule has 3 aliphatic rings. The Kier molecular flexibility index (Phi) is 4.37. The molecule has 0 spiro atoms. The molecule has 116 valence electrons. The molecular weight excluding hydrogens is 290 g/mol. The predicted octanol–water partition coefficient (Wildman–Crippen LogP) is 0.133. The van der Waals surface area contributed by atoms with Crippen molar-refractivity contribution in [3.8, 4) is 0 Å². The van der Waals surface area contributed by atoms with Crippen molar-refractivity contribution in [1.29, 1.82) is 0 Å². The Morgan fingerprint density at radius 2 is 2.05 bits per heavy atom. The van der Waals surface area contributed by atoms with Crippen LogP contribution in [0.25, 0.3) is 0 Å². The molecule has 0 N–H and O–H groups in total. The number of hydrogen-bond donors (Lipinski definition) is 0. The number of hydrogen-bond acceptors (Lipinski definition) is 4. The Morgan fingerprint density at radius 3 is 2.71 bits per heavy atom. The lowest BCUT2D eigenvalue weighted by molar-refractivity contribution is -0.145. The summed E-state index contributed by atoms with van der Waals surface area (Å²) in [6.45, 7) is 2.22. The van der Waals surface area contributed by atoms with Crippen LogP contribution in [0.4, 0.5) is 0 Å². The molecule has 3 aliphatic heterocycles. The van der Waals surface area contributed by atoms with Gasteiger partial charge in [0, 0.05) is 31.8 Å². The average Bonchev–Trinajstić information content (AvgIpc) is 3.19. The van der Waals surface area contributed by atoms with E-state index in [-0.39, 0.29) is 30.3 Å². The topological polar surface area (TPSA) is 60.9 Å². The van der Waals surface area contributed by atoms with E-state index in [1.165, 1.54) is 0 Å². The van der Waals surface area contributed by atoms with E-state index in [1.54, 1.807) is 21.6 Å². The first-order valence-corrected chi connectivity index (χ1v) is 8.76. The number of amides is 3. The summed E-state index contributed by atoms with van der Waals surface area (Å²) < 4.78 is 0. The summed E-state index contributed by atoms with van der Waals surface area (Å²) >= 11 is 1.75. The maximum Gasteiger partial charge on any atom is 0.246 e. The molecule has 3 heterocycles. The van der Waals surface area contributed by atoms with Crippen LogP contribution in [0, 0.1) is 0 Å². The van der Waals surface area contributed by atoms with Crippen LogP contribution in [0.1, 0.15) is 25.7 Å². The summed E-state index contributed by atoms with van der Waals surface area (Å²) in [6, 6.07) is -0.311. The van der Waals surface area contributed by atoms with Gasteiger partial charge in [0.1, 0.15) is 6.04 Å². The third-order valence-electron chi connectivity index (χ3n) is 4.42. The third-order valence-corrected chi connectivity index (χ3v) is 5.39. The van der Waals surface area contributed by atoms with Crippen molar-refractivity contribution >= 4 is 29.5 Å². The molecule has 0 aromatic rings. The minimum Gasteiger partial charge on any atom is -0.333 e. The molecule has 3 saturated heterocycles. The van der Waals surface area contributed by atoms with Gasteiger partial charge in [-0.1, -0.05) is 0 Å². The number of thioether (sulfide) groups is 1. The number of nitrogens with zero attached hydrogens (tertiary/aromatic N) is 3. The monoisotopic (exact) mass is 311 g/mol. The molecule has 0 aromatic heterocycles. The molecule has 0 aliphatic carbocycles. The standard InChI is InChI=1S/C14H21N3O3S/c18-12-4-2-5-15(12)9-13(19)17-6-1-3-11(17)14(20)16-7-8-21-10-16/h11H,1-10H2/t11-/m0/s1. The average molecular weight is 311 g/mol. The van der Waals surface area contributed by atoms with Gasteiger partial charge >= 0.3 is 0 Å². The van der Waals surface area contributed by atoms with E-state index in [0.29, 0.717) is 19.5 Å². The van der Waals surface area contributed by atoms with E-state index in [9.17, 15) is 14.4 Å². The maximum absolute atomic E-state index is 12.5. The van der Waals surface area contributed by atoms with Crippen LogP contribution in [0.5, 0.6) is 0 Å². The summed E-state index contributed by atoms with van der Waals surface area (Å²) in [5, 5.41) is 0. The van der Waals surface area contributed by atoms with E-state index in [1.807, 2.05) is 4.90 Å². The van der Waals surface area contributed by atoms with Crippen molar-refractivity contribution in [2.45, 2.75) is 31.7 Å². The van der Waals surface area contributed by atoms with Gasteiger partial charge < -0.3 is 14.7 Å². The number of carbonyl (C=O) groups excluding carboxylic acids is 3. The van der Waals surface area contributed by atoms with Gasteiger partial charge in [-0.15, -0.1) is 11.8 Å². The van der Waals surface area contributed by atoms with Gasteiger partial charge in [-0.3, -0.25) is 14.4 Å². The molecule has 0 bridgehead atoms. The van der Waals surface area contributed by atoms with Gasteiger partial charge in [-0.2, -0.15) is 0 Å². The number of rotatable bonds is 3. The van der Waals surface area contributed by atoms with E-state index in [2.05, 4.69) is 0 Å². The van der Waals surface area contributed by atoms with Crippen molar-refractivity contribution in [2.75, 3.05) is 37.8 Å². The van der Waals surface area contributed by atoms with E-state index in [0.717, 1.165) is 37.4 Å². The lowest BCUT2D eigenvalue weighted by atomic mass is 10.2. The van der Waals surface area contributed by atoms with Crippen LogP contribution < -0.4 is 0 Å². The normalized spacial score (nSPS) is 26.0. The molecule has 3 fully saturated rings. The van der Waals surface area contributed by atoms with E-state index >= 15 is 0 Å². The van der Waals surface area contributed by atoms with Crippen molar-refractivity contribution < 1.29 is 14.4 Å². The second kappa shape index (κ2) is 6.25. The highest BCUT2D eigenvalue weighted by Crippen LogP contribution is 2.23. The van der Waals surface area contributed by atoms with Crippen LogP contribution in [-0.4, -0.2) is 76.3 Å². The minimum absolute atomic E-state index is 0.0568. The van der Waals surface area contributed by atoms with Gasteiger partial charge in [0.05, 0.1) is 12.4 Å². The summed E-state index contributed by atoms with van der Waals surface area (Å²) in [5.41, 5.74) is 0. The smallest absolute Gasteiger partial charge is 0.246 e. The maximum atomic E-state index is 12.5. The Morgan fingerprint density at radius 1 is 1.19 bits per heavy atom. The Labute approximate surface area is 128 Å². The van der Waals surface area contributed by atoms with Crippen LogP contribution >= 0.6 is 11.8 Å². The molecule has 7 heteroatoms. The first-order valence-electron chi connectivity index (χ1n) is 7.60. The van der Waals surface area contributed by atoms with Gasteiger partial charge in [0.15, 0.2) is 0 Å². The predicted molar refractivity (Wildman–Crippen MR) is 79.6 cm³/mol. The zero-order valence-corrected chi connectivity index (χ0v) is 12.9. The first kappa shape index (κ1) is 14.7. The summed E-state index contributed by atoms with van der Waals surface area (Å²) in [7, 11) is 0. The first-order chi connectivity index (χ1) is 10.2. The Hall–Kier alpha value is -1.24. The van der Waals surface area contributed by atoms with Crippen LogP contribution in [-0.2, 0) is 14.4 Å². The molecule has 0 aromatic carbocycles. The molecule has 1 atom stereocenters. The highest BCUT2D eigenvalue weighted by molar-refractivity contribution is 7.99. The van der Waals surface area contributed by atoms with Crippen molar-refractivity contribution in [3.05, 3.63) is 0 Å². The minimum atomic E-state index is -0.311. The largest absolute Gasteiger partial charge is 0.333 e. The molecule has 0 radical (unpaired) electrons. The second-order valence-corrected chi connectivity index (χ2v) is 6.88. The molecule has 21 heavy (non-hydrogen) atoms. The lowest BCUT2D eigenvalue weighted by Crippen LogP contribution is -2.49. The van der Waals surface area contributed by atoms with E-state index < -0.39 is 0 Å². The van der Waals surface area contributed by atoms with Crippen molar-refractivity contribution in [1.82, 2.24) is 14.7 Å². The van der Waals surface area contributed by atoms with Crippen LogP contribution in [0.2, 0.25) is 0 Å². The zero-order chi connectivity index (χ0) is 14.8. The van der Waals surface area contributed by atoms with Gasteiger partial charge in [0.2, 0.25) is 17.7 Å². The number of likely N-dealkylation sites (tertiary alicyclic amines) is 2. The van der Waals surface area contributed by atoms with E-state index in [4.69, 9.17) is 0 Å². The fourth-order valence-corrected chi connectivity index (χ4v) is 4.20. The fraction of sp³-hybridized carbons (Fsp3) is 0.786. The molecule has 3 amide bonds. The van der Waals surface area contributed by atoms with Gasteiger partial charge in [-0.05, 0) is 19.3 Å². The number of carbonyl (C=O) groups is 3. The van der Waals surface area contributed by atoms with Crippen molar-refractivity contribution in [3.63, 3.8) is 0 Å². The second-order valence-electron chi connectivity index (χ2n) is 5.80. The Bertz CT molecular complexity index is 451. The quantitative estimate of drug-likeness (QED) is 0.743. The molecule has 0 saturated carbocycles. The van der Waals surface area contributed by atoms with Crippen LogP contribution in [0.3, 0.4) is 0 Å². The van der Waals surface area contributed by atoms with Gasteiger partial charge in [-0.25, -0.2) is 0 Å². The summed E-state index contributed by atoms with van der Waals surface area (Å²) in [6.07, 6.45) is 3.00. The SMILES string of the molecule is O=C1CCCN1CC(=O)N1CCC[C@H]1C(=O)N1CCSC1. The zero-order valence-electron chi connectivity index (χ0n) is 12.1. The van der Waals surface area contributed by atoms with Gasteiger partial charge in [0.25, 0.3) is 0 Å². The molecule has 3 rings (SSSR count). The summed E-state index contributed by atoms with van der Waals surface area (Å²) in [4.78, 5) is 41.7. The Balaban J connectivity index is 1.61. The molecule has 6 nitrogen and oxygen atoms in total. The highest BCUT2D eigenvalue weighted by atomic mass is 32.2. The molecule has 0 unspecified atom stereocenters. The third kappa shape index (κ3) is 3.02. The molecular formula is C14H21N3O3S. The lowest BCUT2D eigenvalue weighted by Gasteiger charge is -2.28. The highest BCUT2D eigenvalue weighted by Gasteiger charge is 2.38. The summed E-state index contributed by atoms with van der Waals surface area (Å²) in [5.74, 6) is 1.78. The van der Waals surface area contributed by atoms with Crippen LogP contribution in [0.15, 0.2) is 0 Å².